The van der Waals surface area contributed by atoms with Gasteiger partial charge in [-0.1, -0.05) is 35.1 Å². The number of benzene rings is 2. The Morgan fingerprint density at radius 2 is 1.95 bits per heavy atom. The molecule has 13 heteroatoms. The van der Waals surface area contributed by atoms with Crippen LogP contribution in [0, 0.1) is 0 Å². The van der Waals surface area contributed by atoms with Gasteiger partial charge in [0.1, 0.15) is 12.7 Å². The van der Waals surface area contributed by atoms with E-state index in [2.05, 4.69) is 30.2 Å². The summed E-state index contributed by atoms with van der Waals surface area (Å²) in [5.41, 5.74) is 0.495. The average molecular weight is 572 g/mol. The van der Waals surface area contributed by atoms with Gasteiger partial charge in [-0.15, -0.1) is 0 Å². The van der Waals surface area contributed by atoms with Crippen LogP contribution in [0.2, 0.25) is 5.02 Å². The average Bonchev–Trinajstić information content (AvgIpc) is 3.68. The first-order valence-corrected chi connectivity index (χ1v) is 13.3. The standard InChI is InChI=1S/C26H21ClF3N7OS/c27-18-3-1-16(21(11-18)26(28,29)30)10-20(15-2-4-22-17(9-15)12-32-35-22)23-24(38)34-25(39-23)36-7-5-19(6-8-36)37-14-31-13-33-37/h1-4,9,11-14,19,38H,5-8,10H2. The van der Waals surface area contributed by atoms with Crippen LogP contribution in [0.3, 0.4) is 0 Å². The Bertz CT molecular complexity index is 1680. The van der Waals surface area contributed by atoms with Crippen LogP contribution in [-0.2, 0) is 12.6 Å². The van der Waals surface area contributed by atoms with E-state index in [1.165, 1.54) is 29.8 Å². The molecule has 39 heavy (non-hydrogen) atoms. The van der Waals surface area contributed by atoms with Gasteiger partial charge in [0.25, 0.3) is 0 Å². The highest BCUT2D eigenvalue weighted by Crippen LogP contribution is 2.40. The van der Waals surface area contributed by atoms with Gasteiger partial charge < -0.3 is 10.0 Å². The number of alkyl halides is 3. The van der Waals surface area contributed by atoms with E-state index in [1.54, 1.807) is 24.7 Å². The van der Waals surface area contributed by atoms with E-state index in [9.17, 15) is 18.3 Å². The number of fused-ring (bicyclic) bond motifs is 1. The van der Waals surface area contributed by atoms with Crippen LogP contribution in [0.1, 0.15) is 40.5 Å². The van der Waals surface area contributed by atoms with Crippen LogP contribution in [0.5, 0.6) is 5.88 Å². The lowest BCUT2D eigenvalue weighted by Crippen LogP contribution is -2.34. The molecule has 1 fully saturated rings. The summed E-state index contributed by atoms with van der Waals surface area (Å²) < 4.78 is 43.7. The van der Waals surface area contributed by atoms with E-state index in [-0.39, 0.29) is 28.9 Å². The van der Waals surface area contributed by atoms with Crippen LogP contribution in [-0.4, -0.2) is 44.2 Å². The van der Waals surface area contributed by atoms with Crippen molar-refractivity contribution in [2.75, 3.05) is 18.0 Å². The van der Waals surface area contributed by atoms with Crippen LogP contribution >= 0.6 is 22.9 Å². The zero-order valence-corrected chi connectivity index (χ0v) is 21.9. The van der Waals surface area contributed by atoms with Crippen molar-refractivity contribution in [3.8, 4) is 5.88 Å². The smallest absolute Gasteiger partial charge is 0.416 e. The van der Waals surface area contributed by atoms with Gasteiger partial charge in [0.05, 0.1) is 28.1 Å². The topological polar surface area (TPSA) is 91.8 Å². The molecule has 1 N–H and O–H groups in total. The molecule has 2 aliphatic heterocycles. The second-order valence-corrected chi connectivity index (χ2v) is 10.7. The van der Waals surface area contributed by atoms with Crippen molar-refractivity contribution in [1.29, 1.82) is 0 Å². The van der Waals surface area contributed by atoms with Crippen LogP contribution < -0.4 is 15.5 Å². The number of halogens is 4. The molecule has 4 heterocycles. The van der Waals surface area contributed by atoms with Crippen molar-refractivity contribution < 1.29 is 18.3 Å². The third-order valence-electron chi connectivity index (χ3n) is 6.90. The molecule has 2 aromatic carbocycles. The first-order valence-electron chi connectivity index (χ1n) is 12.2. The predicted octanol–water partition coefficient (Wildman–Crippen LogP) is 4.36. The summed E-state index contributed by atoms with van der Waals surface area (Å²) in [5, 5.41) is 25.1. The molecule has 0 unspecified atom stereocenters. The summed E-state index contributed by atoms with van der Waals surface area (Å²) in [5.74, 6) is -0.218. The van der Waals surface area contributed by atoms with Crippen molar-refractivity contribution in [2.45, 2.75) is 31.5 Å². The number of hydrogen-bond donors (Lipinski definition) is 1. The summed E-state index contributed by atoms with van der Waals surface area (Å²) >= 11 is 7.19. The maximum Gasteiger partial charge on any atom is 0.416 e. The van der Waals surface area contributed by atoms with Crippen molar-refractivity contribution in [1.82, 2.24) is 19.7 Å². The molecule has 2 aromatic heterocycles. The minimum absolute atomic E-state index is 0.000184. The van der Waals surface area contributed by atoms with Gasteiger partial charge in [0.15, 0.2) is 5.13 Å². The normalized spacial score (nSPS) is 16.4. The fourth-order valence-corrected chi connectivity index (χ4v) is 6.17. The Balaban J connectivity index is 1.40. The molecule has 0 amide bonds. The first-order chi connectivity index (χ1) is 18.8. The number of aromatic nitrogens is 4. The van der Waals surface area contributed by atoms with E-state index >= 15 is 0 Å². The quantitative estimate of drug-likeness (QED) is 0.384. The van der Waals surface area contributed by atoms with Gasteiger partial charge in [0.2, 0.25) is 5.88 Å². The summed E-state index contributed by atoms with van der Waals surface area (Å²) in [7, 11) is 0. The molecule has 4 aromatic rings. The van der Waals surface area contributed by atoms with Crippen LogP contribution in [0.4, 0.5) is 18.3 Å². The molecule has 1 saturated heterocycles. The van der Waals surface area contributed by atoms with Gasteiger partial charge in [0, 0.05) is 30.1 Å². The zero-order valence-electron chi connectivity index (χ0n) is 20.3. The van der Waals surface area contributed by atoms with Gasteiger partial charge >= 0.3 is 6.18 Å². The molecule has 0 atom stereocenters. The number of rotatable bonds is 5. The molecule has 8 nitrogen and oxygen atoms in total. The molecule has 6 rings (SSSR count). The van der Waals surface area contributed by atoms with Gasteiger partial charge in [-0.3, -0.25) is 0 Å². The number of aromatic hydroxyl groups is 1. The minimum Gasteiger partial charge on any atom is -0.492 e. The second-order valence-electron chi connectivity index (χ2n) is 9.32. The van der Waals surface area contributed by atoms with E-state index in [1.807, 2.05) is 10.7 Å². The minimum atomic E-state index is -4.59. The number of thiazole rings is 1. The number of hydrogen-bond acceptors (Lipinski definition) is 8. The SMILES string of the molecule is Oc1nc(N2CCC(n3cncn3)CC2)sc1C(Cc1ccc(Cl)cc1C(F)(F)F)=c1ccc2c(c1)C=NN=2. The number of piperidine rings is 1. The van der Waals surface area contributed by atoms with Crippen LogP contribution in [0.15, 0.2) is 59.3 Å². The van der Waals surface area contributed by atoms with E-state index in [0.29, 0.717) is 39.2 Å². The Labute approximate surface area is 229 Å². The Morgan fingerprint density at radius 3 is 2.69 bits per heavy atom. The van der Waals surface area contributed by atoms with E-state index in [4.69, 9.17) is 11.6 Å². The Hall–Kier alpha value is -3.77. The largest absolute Gasteiger partial charge is 0.492 e. The summed E-state index contributed by atoms with van der Waals surface area (Å²) in [4.78, 5) is 10.9. The fraction of sp³-hybridized carbons (Fsp3) is 0.269. The van der Waals surface area contributed by atoms with E-state index < -0.39 is 11.7 Å². The number of anilines is 1. The van der Waals surface area contributed by atoms with Gasteiger partial charge in [-0.05, 0) is 53.5 Å². The molecular weight excluding hydrogens is 551 g/mol. The maximum absolute atomic E-state index is 13.9. The third kappa shape index (κ3) is 5.13. The molecule has 0 aliphatic carbocycles. The lowest BCUT2D eigenvalue weighted by atomic mass is 9.96. The molecular formula is C26H21ClF3N7OS. The lowest BCUT2D eigenvalue weighted by molar-refractivity contribution is -0.138. The van der Waals surface area contributed by atoms with Gasteiger partial charge in [-0.2, -0.15) is 33.5 Å². The van der Waals surface area contributed by atoms with Gasteiger partial charge in [-0.25, -0.2) is 9.67 Å². The van der Waals surface area contributed by atoms with E-state index in [0.717, 1.165) is 24.5 Å². The predicted molar refractivity (Wildman–Crippen MR) is 142 cm³/mol. The Morgan fingerprint density at radius 1 is 1.13 bits per heavy atom. The first kappa shape index (κ1) is 25.5. The molecule has 0 saturated carbocycles. The molecule has 200 valence electrons. The maximum atomic E-state index is 13.9. The van der Waals surface area contributed by atoms with Crippen LogP contribution in [0.25, 0.3) is 5.57 Å². The fourth-order valence-electron chi connectivity index (χ4n) is 4.92. The van der Waals surface area contributed by atoms with Crippen molar-refractivity contribution in [3.63, 3.8) is 0 Å². The van der Waals surface area contributed by atoms with Crippen molar-refractivity contribution >= 4 is 39.9 Å². The summed E-state index contributed by atoms with van der Waals surface area (Å²) in [6, 6.07) is 9.33. The molecule has 0 bridgehead atoms. The van der Waals surface area contributed by atoms with Crippen molar-refractivity contribution in [2.24, 2.45) is 10.2 Å². The second kappa shape index (κ2) is 10.1. The molecule has 2 aliphatic rings. The Kier molecular flexibility index (Phi) is 6.59. The molecule has 0 radical (unpaired) electrons. The highest BCUT2D eigenvalue weighted by atomic mass is 35.5. The third-order valence-corrected chi connectivity index (χ3v) is 8.30. The monoisotopic (exact) mass is 571 g/mol. The highest BCUT2D eigenvalue weighted by molar-refractivity contribution is 7.17. The highest BCUT2D eigenvalue weighted by Gasteiger charge is 2.34. The summed E-state index contributed by atoms with van der Waals surface area (Å²) in [6.45, 7) is 1.39. The lowest BCUT2D eigenvalue weighted by Gasteiger charge is -2.31. The summed E-state index contributed by atoms with van der Waals surface area (Å²) in [6.07, 6.45) is 1.77. The number of nitrogens with zero attached hydrogens (tertiary/aromatic N) is 7. The zero-order chi connectivity index (χ0) is 27.1. The van der Waals surface area contributed by atoms with Crippen molar-refractivity contribution in [3.05, 3.63) is 86.2 Å². The molecule has 0 spiro atoms.